The summed E-state index contributed by atoms with van der Waals surface area (Å²) < 4.78 is 1.65. The number of nitrogens with one attached hydrogen (secondary N) is 1. The zero-order valence-electron chi connectivity index (χ0n) is 9.84. The summed E-state index contributed by atoms with van der Waals surface area (Å²) in [6.45, 7) is 4.28. The van der Waals surface area contributed by atoms with Crippen LogP contribution in [0.4, 0.5) is 5.69 Å². The molecule has 0 spiro atoms. The molecule has 3 N–H and O–H groups in total. The summed E-state index contributed by atoms with van der Waals surface area (Å²) in [5.74, 6) is -0.422. The van der Waals surface area contributed by atoms with Crippen LogP contribution < -0.4 is 11.1 Å². The molecule has 0 fully saturated rings. The van der Waals surface area contributed by atoms with Gasteiger partial charge in [-0.15, -0.1) is 0 Å². The van der Waals surface area contributed by atoms with Gasteiger partial charge in [0.05, 0.1) is 6.20 Å². The van der Waals surface area contributed by atoms with Crippen LogP contribution in [0.1, 0.15) is 15.9 Å². The van der Waals surface area contributed by atoms with Gasteiger partial charge in [-0.1, -0.05) is 6.58 Å². The van der Waals surface area contributed by atoms with Crippen LogP contribution in [0.25, 0.3) is 6.20 Å². The fourth-order valence-electron chi connectivity index (χ4n) is 1.52. The van der Waals surface area contributed by atoms with Crippen LogP contribution in [0.15, 0.2) is 43.2 Å². The Kier molecular flexibility index (Phi) is 3.43. The molecule has 5 heteroatoms. The fourth-order valence-corrected chi connectivity index (χ4v) is 1.52. The smallest absolute Gasteiger partial charge is 0.248 e. The average Bonchev–Trinajstić information content (AvgIpc) is 2.85. The maximum absolute atomic E-state index is 10.9. The predicted molar refractivity (Wildman–Crippen MR) is 70.9 cm³/mol. The minimum absolute atomic E-state index is 0.422. The van der Waals surface area contributed by atoms with Gasteiger partial charge in [0, 0.05) is 35.8 Å². The average molecular weight is 242 g/mol. The van der Waals surface area contributed by atoms with Crippen molar-refractivity contribution in [1.29, 1.82) is 0 Å². The summed E-state index contributed by atoms with van der Waals surface area (Å²) in [7, 11) is 0. The Morgan fingerprint density at radius 1 is 1.44 bits per heavy atom. The summed E-state index contributed by atoms with van der Waals surface area (Å²) in [6.07, 6.45) is 5.29. The predicted octanol–water partition coefficient (Wildman–Crippen LogP) is 1.69. The Bertz CT molecular complexity index is 557. The molecular formula is C13H14N4O. The van der Waals surface area contributed by atoms with Gasteiger partial charge in [0.15, 0.2) is 0 Å². The number of rotatable bonds is 5. The molecule has 0 aliphatic carbocycles. The SMILES string of the molecule is C=Cn1cc(CNc2ccc(C(N)=O)cc2)cn1. The zero-order chi connectivity index (χ0) is 13.0. The van der Waals surface area contributed by atoms with E-state index in [0.717, 1.165) is 11.3 Å². The second-order valence-electron chi connectivity index (χ2n) is 3.81. The number of hydrogen-bond donors (Lipinski definition) is 2. The van der Waals surface area contributed by atoms with Gasteiger partial charge in [0.2, 0.25) is 5.91 Å². The first-order chi connectivity index (χ1) is 8.69. The molecular weight excluding hydrogens is 228 g/mol. The molecule has 0 atom stereocenters. The van der Waals surface area contributed by atoms with E-state index in [2.05, 4.69) is 17.0 Å². The molecule has 0 saturated carbocycles. The Labute approximate surface area is 105 Å². The molecule has 0 bridgehead atoms. The van der Waals surface area contributed by atoms with Crippen molar-refractivity contribution in [2.75, 3.05) is 5.32 Å². The van der Waals surface area contributed by atoms with E-state index in [1.807, 2.05) is 18.3 Å². The van der Waals surface area contributed by atoms with Crippen molar-refractivity contribution < 1.29 is 4.79 Å². The van der Waals surface area contributed by atoms with Gasteiger partial charge in [-0.2, -0.15) is 5.10 Å². The third-order valence-corrected chi connectivity index (χ3v) is 2.51. The van der Waals surface area contributed by atoms with E-state index in [0.29, 0.717) is 12.1 Å². The molecule has 1 heterocycles. The highest BCUT2D eigenvalue weighted by molar-refractivity contribution is 5.93. The monoisotopic (exact) mass is 242 g/mol. The molecule has 5 nitrogen and oxygen atoms in total. The van der Waals surface area contributed by atoms with E-state index in [4.69, 9.17) is 5.73 Å². The Balaban J connectivity index is 1.97. The van der Waals surface area contributed by atoms with Crippen LogP contribution in [-0.2, 0) is 6.54 Å². The zero-order valence-corrected chi connectivity index (χ0v) is 9.84. The van der Waals surface area contributed by atoms with Crippen LogP contribution in [0.2, 0.25) is 0 Å². The summed E-state index contributed by atoms with van der Waals surface area (Å²) in [5, 5.41) is 7.31. The Hall–Kier alpha value is -2.56. The highest BCUT2D eigenvalue weighted by Crippen LogP contribution is 2.10. The van der Waals surface area contributed by atoms with Crippen molar-refractivity contribution in [3.05, 3.63) is 54.4 Å². The van der Waals surface area contributed by atoms with E-state index in [1.54, 1.807) is 29.2 Å². The molecule has 0 aliphatic rings. The molecule has 0 aliphatic heterocycles. The highest BCUT2D eigenvalue weighted by atomic mass is 16.1. The second-order valence-corrected chi connectivity index (χ2v) is 3.81. The number of benzene rings is 1. The Morgan fingerprint density at radius 2 is 2.17 bits per heavy atom. The van der Waals surface area contributed by atoms with Crippen molar-refractivity contribution in [3.8, 4) is 0 Å². The molecule has 2 rings (SSSR count). The summed E-state index contributed by atoms with van der Waals surface area (Å²) in [4.78, 5) is 10.9. The van der Waals surface area contributed by atoms with Crippen LogP contribution >= 0.6 is 0 Å². The molecule has 0 saturated heterocycles. The quantitative estimate of drug-likeness (QED) is 0.838. The standard InChI is InChI=1S/C13H14N4O/c1-2-17-9-10(8-16-17)7-15-12-5-3-11(4-6-12)13(14)18/h2-6,8-9,15H,1,7H2,(H2,14,18). The maximum atomic E-state index is 10.9. The summed E-state index contributed by atoms with van der Waals surface area (Å²) in [6, 6.07) is 7.02. The first-order valence-electron chi connectivity index (χ1n) is 5.48. The van der Waals surface area contributed by atoms with Crippen molar-refractivity contribution in [2.24, 2.45) is 5.73 Å². The van der Waals surface area contributed by atoms with Crippen molar-refractivity contribution in [1.82, 2.24) is 9.78 Å². The van der Waals surface area contributed by atoms with Crippen LogP contribution in [0, 0.1) is 0 Å². The summed E-state index contributed by atoms with van der Waals surface area (Å²) >= 11 is 0. The van der Waals surface area contributed by atoms with Crippen molar-refractivity contribution >= 4 is 17.8 Å². The lowest BCUT2D eigenvalue weighted by atomic mass is 10.2. The number of aromatic nitrogens is 2. The van der Waals surface area contributed by atoms with E-state index in [-0.39, 0.29) is 0 Å². The van der Waals surface area contributed by atoms with Gasteiger partial charge in [0.25, 0.3) is 0 Å². The summed E-state index contributed by atoms with van der Waals surface area (Å²) in [5.41, 5.74) is 7.64. The van der Waals surface area contributed by atoms with E-state index in [1.165, 1.54) is 0 Å². The van der Waals surface area contributed by atoms with E-state index < -0.39 is 5.91 Å². The number of nitrogens with zero attached hydrogens (tertiary/aromatic N) is 2. The molecule has 2 aromatic rings. The van der Waals surface area contributed by atoms with Gasteiger partial charge in [-0.25, -0.2) is 4.68 Å². The molecule has 0 radical (unpaired) electrons. The molecule has 92 valence electrons. The van der Waals surface area contributed by atoms with Gasteiger partial charge < -0.3 is 11.1 Å². The Morgan fingerprint density at radius 3 is 2.72 bits per heavy atom. The van der Waals surface area contributed by atoms with E-state index >= 15 is 0 Å². The third kappa shape index (κ3) is 2.76. The minimum Gasteiger partial charge on any atom is -0.381 e. The molecule has 18 heavy (non-hydrogen) atoms. The van der Waals surface area contributed by atoms with Crippen LogP contribution in [0.3, 0.4) is 0 Å². The third-order valence-electron chi connectivity index (χ3n) is 2.51. The van der Waals surface area contributed by atoms with Gasteiger partial charge >= 0.3 is 0 Å². The second kappa shape index (κ2) is 5.18. The number of nitrogens with two attached hydrogens (primary N) is 1. The first kappa shape index (κ1) is 11.9. The van der Waals surface area contributed by atoms with Gasteiger partial charge in [-0.05, 0) is 24.3 Å². The number of carbonyl (C=O) groups excluding carboxylic acids is 1. The van der Waals surface area contributed by atoms with Gasteiger partial charge in [-0.3, -0.25) is 4.79 Å². The number of amides is 1. The van der Waals surface area contributed by atoms with Crippen molar-refractivity contribution in [2.45, 2.75) is 6.54 Å². The van der Waals surface area contributed by atoms with Gasteiger partial charge in [0.1, 0.15) is 0 Å². The minimum atomic E-state index is -0.422. The fraction of sp³-hybridized carbons (Fsp3) is 0.0769. The van der Waals surface area contributed by atoms with Crippen LogP contribution in [0.5, 0.6) is 0 Å². The lowest BCUT2D eigenvalue weighted by molar-refractivity contribution is 0.100. The van der Waals surface area contributed by atoms with Crippen molar-refractivity contribution in [3.63, 3.8) is 0 Å². The lowest BCUT2D eigenvalue weighted by Gasteiger charge is -2.04. The number of primary amides is 1. The van der Waals surface area contributed by atoms with Crippen LogP contribution in [-0.4, -0.2) is 15.7 Å². The number of hydrogen-bond acceptors (Lipinski definition) is 3. The number of carbonyl (C=O) groups is 1. The molecule has 1 amide bonds. The molecule has 0 unspecified atom stereocenters. The first-order valence-corrected chi connectivity index (χ1v) is 5.48. The molecule has 1 aromatic carbocycles. The maximum Gasteiger partial charge on any atom is 0.248 e. The normalized spacial score (nSPS) is 10.0. The van der Waals surface area contributed by atoms with E-state index in [9.17, 15) is 4.79 Å². The number of anilines is 1. The topological polar surface area (TPSA) is 72.9 Å². The lowest BCUT2D eigenvalue weighted by Crippen LogP contribution is -2.10. The largest absolute Gasteiger partial charge is 0.381 e. The molecule has 1 aromatic heterocycles. The highest BCUT2D eigenvalue weighted by Gasteiger charge is 2.00.